The van der Waals surface area contributed by atoms with Crippen LogP contribution in [-0.2, 0) is 9.59 Å². The first-order chi connectivity index (χ1) is 16.2. The highest BCUT2D eigenvalue weighted by Gasteiger charge is 2.53. The zero-order valence-electron chi connectivity index (χ0n) is 17.7. The second-order valence-corrected chi connectivity index (χ2v) is 9.02. The molecule has 2 amide bonds. The van der Waals surface area contributed by atoms with E-state index in [0.29, 0.717) is 5.69 Å². The van der Waals surface area contributed by atoms with Gasteiger partial charge in [-0.05, 0) is 25.5 Å². The first-order valence-electron chi connectivity index (χ1n) is 10.2. The van der Waals surface area contributed by atoms with Gasteiger partial charge >= 0.3 is 0 Å². The molecule has 1 aliphatic carbocycles. The normalized spacial score (nSPS) is 19.2. The summed E-state index contributed by atoms with van der Waals surface area (Å²) in [4.78, 5) is 39.0. The minimum atomic E-state index is -2.97. The van der Waals surface area contributed by atoms with Crippen molar-refractivity contribution in [3.05, 3.63) is 59.4 Å². The number of amides is 2. The quantitative estimate of drug-likeness (QED) is 0.456. The number of carbonyl (C=O) groups excluding carboxylic acids is 2. The maximum atomic E-state index is 14.1. The molecule has 1 fully saturated rings. The molecule has 1 aliphatic rings. The topological polar surface area (TPSA) is 88.1 Å². The van der Waals surface area contributed by atoms with E-state index >= 15 is 0 Å². The summed E-state index contributed by atoms with van der Waals surface area (Å²) in [5.74, 6) is -5.96. The third kappa shape index (κ3) is 5.20. The smallest absolute Gasteiger partial charge is 0.278 e. The van der Waals surface area contributed by atoms with Gasteiger partial charge < -0.3 is 5.32 Å². The minimum Gasteiger partial charge on any atom is -0.351 e. The van der Waals surface area contributed by atoms with E-state index in [1.807, 2.05) is 5.38 Å². The molecule has 1 aromatic carbocycles. The Balaban J connectivity index is 1.70. The van der Waals surface area contributed by atoms with Crippen LogP contribution in [0.1, 0.15) is 24.9 Å². The fourth-order valence-electron chi connectivity index (χ4n) is 3.70. The van der Waals surface area contributed by atoms with E-state index in [9.17, 15) is 22.8 Å². The minimum absolute atomic E-state index is 0.0881. The average Bonchev–Trinajstić information content (AvgIpc) is 3.38. The molecule has 12 heteroatoms. The maximum Gasteiger partial charge on any atom is 0.278 e. The lowest BCUT2D eigenvalue weighted by molar-refractivity contribution is -0.127. The Hall–Kier alpha value is -3.05. The number of thiazole rings is 1. The summed E-state index contributed by atoms with van der Waals surface area (Å²) in [6, 6.07) is 4.16. The number of benzene rings is 1. The van der Waals surface area contributed by atoms with Gasteiger partial charge in [-0.25, -0.2) is 28.1 Å². The molecular formula is C22H19ClF3N5O2S. The van der Waals surface area contributed by atoms with Crippen molar-refractivity contribution in [1.29, 1.82) is 0 Å². The van der Waals surface area contributed by atoms with Gasteiger partial charge in [-0.3, -0.25) is 14.5 Å². The summed E-state index contributed by atoms with van der Waals surface area (Å²) in [5.41, 5.74) is 1.00. The van der Waals surface area contributed by atoms with Crippen molar-refractivity contribution in [3.8, 4) is 11.3 Å². The van der Waals surface area contributed by atoms with Crippen LogP contribution in [0.4, 0.5) is 18.9 Å². The summed E-state index contributed by atoms with van der Waals surface area (Å²) < 4.78 is 41.3. The lowest BCUT2D eigenvalue weighted by Gasteiger charge is -2.31. The third-order valence-corrected chi connectivity index (χ3v) is 6.24. The van der Waals surface area contributed by atoms with Crippen molar-refractivity contribution in [3.63, 3.8) is 0 Å². The van der Waals surface area contributed by atoms with Crippen molar-refractivity contribution in [2.45, 2.75) is 37.0 Å². The van der Waals surface area contributed by atoms with Crippen LogP contribution < -0.4 is 10.2 Å². The van der Waals surface area contributed by atoms with Crippen LogP contribution in [0.15, 0.2) is 53.9 Å². The summed E-state index contributed by atoms with van der Waals surface area (Å²) >= 11 is 6.90. The van der Waals surface area contributed by atoms with Crippen molar-refractivity contribution in [1.82, 2.24) is 20.3 Å². The van der Waals surface area contributed by atoms with Gasteiger partial charge in [0.15, 0.2) is 0 Å². The van der Waals surface area contributed by atoms with Crippen LogP contribution in [0.5, 0.6) is 0 Å². The summed E-state index contributed by atoms with van der Waals surface area (Å²) in [6.45, 7) is 0.785. The molecule has 0 saturated heterocycles. The molecule has 0 aliphatic heterocycles. The molecule has 2 heterocycles. The molecule has 178 valence electrons. The van der Waals surface area contributed by atoms with E-state index in [-0.39, 0.29) is 17.7 Å². The Morgan fingerprint density at radius 3 is 2.44 bits per heavy atom. The molecule has 34 heavy (non-hydrogen) atoms. The van der Waals surface area contributed by atoms with Crippen LogP contribution in [0.25, 0.3) is 11.3 Å². The number of alkyl halides is 4. The van der Waals surface area contributed by atoms with Crippen LogP contribution in [0.2, 0.25) is 0 Å². The second-order valence-electron chi connectivity index (χ2n) is 7.92. The maximum absolute atomic E-state index is 14.1. The zero-order chi connectivity index (χ0) is 24.5. The monoisotopic (exact) mass is 509 g/mol. The van der Waals surface area contributed by atoms with Crippen LogP contribution >= 0.6 is 22.9 Å². The van der Waals surface area contributed by atoms with Crippen molar-refractivity contribution in [2.24, 2.45) is 5.92 Å². The van der Waals surface area contributed by atoms with E-state index < -0.39 is 41.4 Å². The van der Waals surface area contributed by atoms with E-state index in [1.54, 1.807) is 17.6 Å². The Morgan fingerprint density at radius 2 is 1.91 bits per heavy atom. The highest BCUT2D eigenvalue weighted by molar-refractivity contribution is 7.07. The highest BCUT2D eigenvalue weighted by Crippen LogP contribution is 2.44. The van der Waals surface area contributed by atoms with Gasteiger partial charge in [-0.2, -0.15) is 0 Å². The van der Waals surface area contributed by atoms with Crippen LogP contribution in [-0.4, -0.2) is 44.4 Å². The molecular weight excluding hydrogens is 491 g/mol. The summed E-state index contributed by atoms with van der Waals surface area (Å²) in [7, 11) is 0. The number of carbonyl (C=O) groups is 2. The molecule has 1 saturated carbocycles. The predicted molar refractivity (Wildman–Crippen MR) is 121 cm³/mol. The fourth-order valence-corrected chi connectivity index (χ4v) is 4.37. The first kappa shape index (κ1) is 24.1. The van der Waals surface area contributed by atoms with Gasteiger partial charge in [0.25, 0.3) is 11.5 Å². The molecule has 7 nitrogen and oxygen atoms in total. The Labute approximate surface area is 202 Å². The van der Waals surface area contributed by atoms with Gasteiger partial charge in [0.05, 0.1) is 11.2 Å². The summed E-state index contributed by atoms with van der Waals surface area (Å²) in [5, 5.41) is 4.38. The Bertz CT molecular complexity index is 1140. The lowest BCUT2D eigenvalue weighted by Crippen LogP contribution is -2.47. The molecule has 3 aromatic rings. The van der Waals surface area contributed by atoms with Gasteiger partial charge in [-0.15, -0.1) is 11.3 Å². The SMILES string of the molecule is CC(F)(F)C1CC1NC(=O)C(c1cncnc1)N(C(=O)C(F)Cl)c1ccc(-c2cscn2)cc1. The standard InChI is InChI=1S/C22H19ClF3N5O2S/c1-22(25,26)15-6-16(15)30-20(32)18(13-7-27-10-28-8-13)31(21(33)19(23)24)14-4-2-12(3-5-14)17-9-34-11-29-17/h2-5,7-11,15-16,18-19H,6H2,1H3,(H,30,32). The number of aromatic nitrogens is 3. The largest absolute Gasteiger partial charge is 0.351 e. The van der Waals surface area contributed by atoms with Crippen LogP contribution in [0.3, 0.4) is 0 Å². The molecule has 4 rings (SSSR count). The molecule has 0 radical (unpaired) electrons. The molecule has 2 aromatic heterocycles. The third-order valence-electron chi connectivity index (χ3n) is 5.47. The van der Waals surface area contributed by atoms with Gasteiger partial charge in [0.1, 0.15) is 12.4 Å². The van der Waals surface area contributed by atoms with E-state index in [2.05, 4.69) is 20.3 Å². The Morgan fingerprint density at radius 1 is 1.24 bits per heavy atom. The number of rotatable bonds is 8. The molecule has 0 bridgehead atoms. The lowest BCUT2D eigenvalue weighted by atomic mass is 10.1. The number of nitrogens with zero attached hydrogens (tertiary/aromatic N) is 4. The molecule has 1 N–H and O–H groups in total. The number of hydrogen-bond acceptors (Lipinski definition) is 6. The van der Waals surface area contributed by atoms with Gasteiger partial charge in [0, 0.05) is 46.5 Å². The second kappa shape index (κ2) is 9.67. The van der Waals surface area contributed by atoms with E-state index in [1.165, 1.54) is 42.2 Å². The molecule has 4 atom stereocenters. The number of halogens is 4. The number of anilines is 1. The molecule has 0 spiro atoms. The first-order valence-corrected chi connectivity index (χ1v) is 11.6. The summed E-state index contributed by atoms with van der Waals surface area (Å²) in [6.07, 6.45) is 3.90. The van der Waals surface area contributed by atoms with Crippen molar-refractivity contribution in [2.75, 3.05) is 4.90 Å². The molecule has 4 unspecified atom stereocenters. The van der Waals surface area contributed by atoms with Crippen molar-refractivity contribution < 1.29 is 22.8 Å². The Kier molecular flexibility index (Phi) is 6.85. The van der Waals surface area contributed by atoms with Gasteiger partial charge in [-0.1, -0.05) is 23.7 Å². The van der Waals surface area contributed by atoms with E-state index in [4.69, 9.17) is 11.6 Å². The zero-order valence-corrected chi connectivity index (χ0v) is 19.3. The van der Waals surface area contributed by atoms with E-state index in [0.717, 1.165) is 17.4 Å². The predicted octanol–water partition coefficient (Wildman–Crippen LogP) is 4.37. The number of hydrogen-bond donors (Lipinski definition) is 1. The van der Waals surface area contributed by atoms with Crippen molar-refractivity contribution >= 4 is 40.4 Å². The highest BCUT2D eigenvalue weighted by atomic mass is 35.5. The average molecular weight is 510 g/mol. The number of nitrogens with one attached hydrogen (secondary N) is 1. The fraction of sp³-hybridized carbons (Fsp3) is 0.318. The van der Waals surface area contributed by atoms with Gasteiger partial charge in [0.2, 0.25) is 11.8 Å². The van der Waals surface area contributed by atoms with Crippen LogP contribution in [0, 0.1) is 5.92 Å².